The van der Waals surface area contributed by atoms with Gasteiger partial charge in [-0.25, -0.2) is 0 Å². The zero-order valence-corrected chi connectivity index (χ0v) is 11.3. The van der Waals surface area contributed by atoms with Gasteiger partial charge in [0.1, 0.15) is 0 Å². The van der Waals surface area contributed by atoms with Crippen LogP contribution in [-0.2, 0) is 0 Å². The Hall–Kier alpha value is -1.03. The van der Waals surface area contributed by atoms with Crippen LogP contribution in [0.4, 0.5) is 13.2 Å². The Morgan fingerprint density at radius 1 is 1.11 bits per heavy atom. The number of hydrogen-bond acceptors (Lipinski definition) is 1. The summed E-state index contributed by atoms with van der Waals surface area (Å²) >= 11 is 0. The van der Waals surface area contributed by atoms with E-state index >= 15 is 0 Å². The highest BCUT2D eigenvalue weighted by Gasteiger charge is 2.26. The van der Waals surface area contributed by atoms with E-state index in [2.05, 4.69) is 12.2 Å². The molecule has 0 radical (unpaired) electrons. The van der Waals surface area contributed by atoms with Gasteiger partial charge in [0, 0.05) is 12.6 Å². The fraction of sp³-hybridized carbons (Fsp3) is 0.600. The summed E-state index contributed by atoms with van der Waals surface area (Å²) in [5, 5.41) is 3.03. The Labute approximate surface area is 113 Å². The summed E-state index contributed by atoms with van der Waals surface area (Å²) in [4.78, 5) is 0. The second-order valence-electron chi connectivity index (χ2n) is 4.78. The maximum Gasteiger partial charge on any atom is 0.390 e. The molecule has 1 unspecified atom stereocenters. The lowest BCUT2D eigenvalue weighted by Crippen LogP contribution is -2.26. The predicted octanol–water partition coefficient (Wildman–Crippen LogP) is 4.85. The lowest BCUT2D eigenvalue weighted by molar-refractivity contribution is -0.133. The number of alkyl halides is 3. The topological polar surface area (TPSA) is 12.0 Å². The normalized spacial score (nSPS) is 13.5. The molecule has 1 N–H and O–H groups in total. The monoisotopic (exact) mass is 273 g/mol. The number of halogens is 3. The van der Waals surface area contributed by atoms with Crippen molar-refractivity contribution in [3.8, 4) is 0 Å². The average molecular weight is 273 g/mol. The van der Waals surface area contributed by atoms with Crippen LogP contribution in [0.5, 0.6) is 0 Å². The van der Waals surface area contributed by atoms with Crippen molar-refractivity contribution >= 4 is 0 Å². The minimum atomic E-state index is -4.09. The molecule has 0 fully saturated rings. The summed E-state index contributed by atoms with van der Waals surface area (Å²) in [5.74, 6) is 0. The first kappa shape index (κ1) is 16.0. The molecule has 1 aromatic rings. The van der Waals surface area contributed by atoms with Crippen molar-refractivity contribution in [1.82, 2.24) is 5.32 Å². The van der Waals surface area contributed by atoms with Crippen molar-refractivity contribution in [2.24, 2.45) is 0 Å². The second kappa shape index (κ2) is 8.20. The van der Waals surface area contributed by atoms with Crippen molar-refractivity contribution in [2.75, 3.05) is 6.54 Å². The van der Waals surface area contributed by atoms with Crippen LogP contribution in [0.25, 0.3) is 0 Å². The van der Waals surface area contributed by atoms with Crippen molar-refractivity contribution in [2.45, 2.75) is 51.2 Å². The third kappa shape index (κ3) is 7.21. The van der Waals surface area contributed by atoms with Gasteiger partial charge in [-0.15, -0.1) is 0 Å². The molecule has 0 aliphatic heterocycles. The fourth-order valence-electron chi connectivity index (χ4n) is 2.06. The van der Waals surface area contributed by atoms with Gasteiger partial charge in [0.2, 0.25) is 0 Å². The molecule has 0 saturated carbocycles. The van der Waals surface area contributed by atoms with Gasteiger partial charge in [-0.05, 0) is 12.0 Å². The molecular weight excluding hydrogens is 251 g/mol. The molecule has 0 aliphatic rings. The van der Waals surface area contributed by atoms with Crippen LogP contribution in [0.1, 0.15) is 50.6 Å². The van der Waals surface area contributed by atoms with Crippen molar-refractivity contribution < 1.29 is 13.2 Å². The van der Waals surface area contributed by atoms with E-state index in [4.69, 9.17) is 0 Å². The minimum absolute atomic E-state index is 0.0187. The maximum absolute atomic E-state index is 12.2. The SMILES string of the molecule is CCCCCC(NCCC(F)(F)F)c1ccccc1. The Morgan fingerprint density at radius 3 is 2.37 bits per heavy atom. The van der Waals surface area contributed by atoms with Crippen LogP contribution in [0.2, 0.25) is 0 Å². The van der Waals surface area contributed by atoms with Gasteiger partial charge in [-0.3, -0.25) is 0 Å². The predicted molar refractivity (Wildman–Crippen MR) is 72.0 cm³/mol. The zero-order chi connectivity index (χ0) is 14.1. The maximum atomic E-state index is 12.2. The first-order chi connectivity index (χ1) is 9.03. The van der Waals surface area contributed by atoms with Crippen LogP contribution in [0.3, 0.4) is 0 Å². The standard InChI is InChI=1S/C15H22F3N/c1-2-3-5-10-14(13-8-6-4-7-9-13)19-12-11-15(16,17)18/h4,6-9,14,19H,2-3,5,10-12H2,1H3. The van der Waals surface area contributed by atoms with Gasteiger partial charge in [-0.2, -0.15) is 13.2 Å². The lowest BCUT2D eigenvalue weighted by Gasteiger charge is -2.19. The molecule has 1 aromatic carbocycles. The molecule has 0 spiro atoms. The van der Waals surface area contributed by atoms with Crippen LogP contribution >= 0.6 is 0 Å². The summed E-state index contributed by atoms with van der Waals surface area (Å²) in [6, 6.07) is 9.73. The van der Waals surface area contributed by atoms with Crippen molar-refractivity contribution in [3.05, 3.63) is 35.9 Å². The first-order valence-corrected chi connectivity index (χ1v) is 6.88. The van der Waals surface area contributed by atoms with Gasteiger partial charge in [0.05, 0.1) is 6.42 Å². The highest BCUT2D eigenvalue weighted by atomic mass is 19.4. The smallest absolute Gasteiger partial charge is 0.310 e. The molecule has 1 nitrogen and oxygen atoms in total. The zero-order valence-electron chi connectivity index (χ0n) is 11.3. The molecule has 4 heteroatoms. The van der Waals surface area contributed by atoms with E-state index in [1.807, 2.05) is 30.3 Å². The van der Waals surface area contributed by atoms with Gasteiger partial charge in [0.25, 0.3) is 0 Å². The quantitative estimate of drug-likeness (QED) is 0.668. The molecule has 19 heavy (non-hydrogen) atoms. The summed E-state index contributed by atoms with van der Waals surface area (Å²) in [6.07, 6.45) is -0.707. The van der Waals surface area contributed by atoms with Crippen LogP contribution in [0.15, 0.2) is 30.3 Å². The average Bonchev–Trinajstić information content (AvgIpc) is 2.37. The molecule has 0 aliphatic carbocycles. The summed E-state index contributed by atoms with van der Waals surface area (Å²) in [6.45, 7) is 2.10. The number of benzene rings is 1. The third-order valence-corrected chi connectivity index (χ3v) is 3.10. The van der Waals surface area contributed by atoms with Crippen molar-refractivity contribution in [1.29, 1.82) is 0 Å². The molecule has 1 rings (SSSR count). The minimum Gasteiger partial charge on any atom is -0.310 e. The van der Waals surface area contributed by atoms with Crippen LogP contribution in [-0.4, -0.2) is 12.7 Å². The first-order valence-electron chi connectivity index (χ1n) is 6.88. The molecule has 0 amide bonds. The molecular formula is C15H22F3N. The van der Waals surface area contributed by atoms with E-state index in [0.29, 0.717) is 0 Å². The third-order valence-electron chi connectivity index (χ3n) is 3.10. The Balaban J connectivity index is 2.50. The molecule has 0 saturated heterocycles. The second-order valence-corrected chi connectivity index (χ2v) is 4.78. The van der Waals surface area contributed by atoms with E-state index in [1.165, 1.54) is 0 Å². The van der Waals surface area contributed by atoms with E-state index in [0.717, 1.165) is 31.2 Å². The Morgan fingerprint density at radius 2 is 1.79 bits per heavy atom. The van der Waals surface area contributed by atoms with E-state index < -0.39 is 12.6 Å². The number of hydrogen-bond donors (Lipinski definition) is 1. The Bertz CT molecular complexity index is 335. The molecule has 1 atom stereocenters. The summed E-state index contributed by atoms with van der Waals surface area (Å²) < 4.78 is 36.5. The number of nitrogens with one attached hydrogen (secondary N) is 1. The molecule has 0 heterocycles. The lowest BCUT2D eigenvalue weighted by atomic mass is 10.0. The summed E-state index contributed by atoms with van der Waals surface area (Å²) in [5.41, 5.74) is 1.07. The fourth-order valence-corrected chi connectivity index (χ4v) is 2.06. The van der Waals surface area contributed by atoms with Gasteiger partial charge >= 0.3 is 6.18 Å². The highest BCUT2D eigenvalue weighted by Crippen LogP contribution is 2.22. The molecule has 108 valence electrons. The molecule has 0 bridgehead atoms. The van der Waals surface area contributed by atoms with Gasteiger partial charge in [0.15, 0.2) is 0 Å². The van der Waals surface area contributed by atoms with E-state index in [9.17, 15) is 13.2 Å². The Kier molecular flexibility index (Phi) is 6.92. The van der Waals surface area contributed by atoms with E-state index in [1.54, 1.807) is 0 Å². The van der Waals surface area contributed by atoms with Crippen LogP contribution in [0, 0.1) is 0 Å². The molecule has 0 aromatic heterocycles. The van der Waals surface area contributed by atoms with E-state index in [-0.39, 0.29) is 12.6 Å². The van der Waals surface area contributed by atoms with Crippen molar-refractivity contribution in [3.63, 3.8) is 0 Å². The van der Waals surface area contributed by atoms with Gasteiger partial charge in [-0.1, -0.05) is 56.5 Å². The highest BCUT2D eigenvalue weighted by molar-refractivity contribution is 5.18. The largest absolute Gasteiger partial charge is 0.390 e. The van der Waals surface area contributed by atoms with Crippen LogP contribution < -0.4 is 5.32 Å². The summed E-state index contributed by atoms with van der Waals surface area (Å²) in [7, 11) is 0. The number of rotatable bonds is 8. The van der Waals surface area contributed by atoms with Gasteiger partial charge < -0.3 is 5.32 Å². The number of unbranched alkanes of at least 4 members (excludes halogenated alkanes) is 2.